The van der Waals surface area contributed by atoms with E-state index in [1.165, 1.54) is 11.2 Å². The summed E-state index contributed by atoms with van der Waals surface area (Å²) < 4.78 is 1.69. The topological polar surface area (TPSA) is 91.6 Å². The van der Waals surface area contributed by atoms with Crippen LogP contribution < -0.4 is 4.90 Å². The molecule has 0 radical (unpaired) electrons. The van der Waals surface area contributed by atoms with Gasteiger partial charge in [0.25, 0.3) is 5.91 Å². The Morgan fingerprint density at radius 2 is 2.14 bits per heavy atom. The predicted octanol–water partition coefficient (Wildman–Crippen LogP) is 0.742. The van der Waals surface area contributed by atoms with Crippen molar-refractivity contribution < 1.29 is 14.7 Å². The summed E-state index contributed by atoms with van der Waals surface area (Å²) in [6, 6.07) is -0.246. The van der Waals surface area contributed by atoms with E-state index in [0.717, 1.165) is 5.70 Å². The number of rotatable bonds is 4. The highest BCUT2D eigenvalue weighted by molar-refractivity contribution is 5.96. The summed E-state index contributed by atoms with van der Waals surface area (Å²) in [7, 11) is 3.44. The van der Waals surface area contributed by atoms with Gasteiger partial charge in [0, 0.05) is 26.3 Å². The highest BCUT2D eigenvalue weighted by atomic mass is 16.4. The minimum atomic E-state index is -0.919. The lowest BCUT2D eigenvalue weighted by Crippen LogP contribution is -2.40. The largest absolute Gasteiger partial charge is 0.481 e. The smallest absolute Gasteiger partial charge is 0.308 e. The van der Waals surface area contributed by atoms with E-state index < -0.39 is 11.9 Å². The van der Waals surface area contributed by atoms with Crippen molar-refractivity contribution in [2.75, 3.05) is 25.5 Å². The van der Waals surface area contributed by atoms with Crippen LogP contribution in [0.15, 0.2) is 17.6 Å². The van der Waals surface area contributed by atoms with Crippen molar-refractivity contribution in [3.63, 3.8) is 0 Å². The van der Waals surface area contributed by atoms with E-state index in [9.17, 15) is 9.59 Å². The Hall–Kier alpha value is -2.38. The van der Waals surface area contributed by atoms with E-state index in [-0.39, 0.29) is 18.5 Å². The molecule has 8 nitrogen and oxygen atoms in total. The molecule has 0 fully saturated rings. The summed E-state index contributed by atoms with van der Waals surface area (Å²) in [5.74, 6) is -1.04. The molecule has 1 N–H and O–H groups in total. The summed E-state index contributed by atoms with van der Waals surface area (Å²) in [5.41, 5.74) is 1.40. The molecule has 1 aliphatic heterocycles. The summed E-state index contributed by atoms with van der Waals surface area (Å²) in [6.07, 6.45) is 1.46. The number of fused-ring (bicyclic) bond motifs is 1. The molecule has 0 aliphatic carbocycles. The van der Waals surface area contributed by atoms with E-state index in [1.54, 1.807) is 18.7 Å². The zero-order chi connectivity index (χ0) is 16.6. The maximum atomic E-state index is 12.7. The van der Waals surface area contributed by atoms with Crippen LogP contribution in [-0.4, -0.2) is 57.3 Å². The van der Waals surface area contributed by atoms with Crippen molar-refractivity contribution in [2.24, 2.45) is 5.92 Å². The Kier molecular flexibility index (Phi) is 4.20. The fourth-order valence-corrected chi connectivity index (χ4v) is 2.62. The molecule has 1 aromatic heterocycles. The van der Waals surface area contributed by atoms with Crippen molar-refractivity contribution in [3.8, 4) is 0 Å². The second kappa shape index (κ2) is 5.78. The van der Waals surface area contributed by atoms with Gasteiger partial charge in [-0.3, -0.25) is 9.59 Å². The standard InChI is InChI=1S/C14H21N5O3/c1-8(13(21)22)6-17(4)12(20)11-9(2)18(5)14-15-7-16-19(14)10(11)3/h7-8,10H,6H2,1-5H3,(H,21,22). The Labute approximate surface area is 129 Å². The van der Waals surface area contributed by atoms with Crippen LogP contribution in [0.3, 0.4) is 0 Å². The zero-order valence-corrected chi connectivity index (χ0v) is 13.4. The molecule has 0 bridgehead atoms. The highest BCUT2D eigenvalue weighted by Crippen LogP contribution is 2.33. The first-order chi connectivity index (χ1) is 10.3. The van der Waals surface area contributed by atoms with Crippen LogP contribution in [0.25, 0.3) is 0 Å². The van der Waals surface area contributed by atoms with E-state index in [4.69, 9.17) is 5.11 Å². The molecular formula is C14H21N5O3. The number of nitrogens with zero attached hydrogens (tertiary/aromatic N) is 5. The number of carboxylic acid groups (broad SMARTS) is 1. The number of hydrogen-bond donors (Lipinski definition) is 1. The third-order valence-corrected chi connectivity index (χ3v) is 4.08. The van der Waals surface area contributed by atoms with E-state index >= 15 is 0 Å². The Morgan fingerprint density at radius 3 is 2.73 bits per heavy atom. The van der Waals surface area contributed by atoms with E-state index in [1.807, 2.05) is 25.8 Å². The number of carbonyl (C=O) groups is 2. The first-order valence-corrected chi connectivity index (χ1v) is 7.08. The van der Waals surface area contributed by atoms with Crippen LogP contribution >= 0.6 is 0 Å². The van der Waals surface area contributed by atoms with Gasteiger partial charge < -0.3 is 14.9 Å². The Bertz CT molecular complexity index is 636. The Balaban J connectivity index is 2.28. The van der Waals surface area contributed by atoms with Gasteiger partial charge in [0.05, 0.1) is 17.5 Å². The van der Waals surface area contributed by atoms with Gasteiger partial charge in [0.2, 0.25) is 5.95 Å². The number of carboxylic acids is 1. The number of carbonyl (C=O) groups excluding carboxylic acids is 1. The van der Waals surface area contributed by atoms with Gasteiger partial charge >= 0.3 is 5.97 Å². The molecule has 8 heteroatoms. The molecule has 22 heavy (non-hydrogen) atoms. The number of amides is 1. The van der Waals surface area contributed by atoms with Crippen molar-refractivity contribution in [1.82, 2.24) is 19.7 Å². The number of allylic oxidation sites excluding steroid dienone is 1. The molecule has 0 spiro atoms. The van der Waals surface area contributed by atoms with Gasteiger partial charge in [-0.2, -0.15) is 10.1 Å². The van der Waals surface area contributed by atoms with Crippen LogP contribution in [0.1, 0.15) is 26.8 Å². The second-order valence-corrected chi connectivity index (χ2v) is 5.66. The van der Waals surface area contributed by atoms with E-state index in [0.29, 0.717) is 11.5 Å². The number of likely N-dealkylation sites (N-methyl/N-ethyl adjacent to an activating group) is 1. The number of hydrogen-bond acceptors (Lipinski definition) is 5. The van der Waals surface area contributed by atoms with Crippen LogP contribution in [0.4, 0.5) is 5.95 Å². The average molecular weight is 307 g/mol. The quantitative estimate of drug-likeness (QED) is 0.882. The zero-order valence-electron chi connectivity index (χ0n) is 13.4. The third-order valence-electron chi connectivity index (χ3n) is 4.08. The van der Waals surface area contributed by atoms with Gasteiger partial charge in [-0.1, -0.05) is 6.92 Å². The minimum Gasteiger partial charge on any atom is -0.481 e. The molecule has 2 heterocycles. The fraction of sp³-hybridized carbons (Fsp3) is 0.571. The third kappa shape index (κ3) is 2.56. The fourth-order valence-electron chi connectivity index (χ4n) is 2.62. The van der Waals surface area contributed by atoms with Gasteiger partial charge in [-0.25, -0.2) is 4.68 Å². The summed E-state index contributed by atoms with van der Waals surface area (Å²) in [6.45, 7) is 5.48. The van der Waals surface area contributed by atoms with Crippen molar-refractivity contribution in [3.05, 3.63) is 17.6 Å². The molecule has 2 unspecified atom stereocenters. The predicted molar refractivity (Wildman–Crippen MR) is 80.3 cm³/mol. The lowest BCUT2D eigenvalue weighted by atomic mass is 10.0. The van der Waals surface area contributed by atoms with Gasteiger partial charge in [0.15, 0.2) is 0 Å². The molecule has 0 saturated heterocycles. The molecule has 1 amide bonds. The molecule has 2 rings (SSSR count). The first-order valence-electron chi connectivity index (χ1n) is 7.08. The summed E-state index contributed by atoms with van der Waals surface area (Å²) in [4.78, 5) is 31.2. The highest BCUT2D eigenvalue weighted by Gasteiger charge is 2.33. The molecule has 0 saturated carbocycles. The molecule has 1 aromatic rings. The first kappa shape index (κ1) is 16.0. The van der Waals surface area contributed by atoms with Gasteiger partial charge in [-0.15, -0.1) is 0 Å². The maximum Gasteiger partial charge on any atom is 0.308 e. The van der Waals surface area contributed by atoms with Gasteiger partial charge in [0.1, 0.15) is 6.33 Å². The Morgan fingerprint density at radius 1 is 1.50 bits per heavy atom. The monoisotopic (exact) mass is 307 g/mol. The van der Waals surface area contributed by atoms with Crippen molar-refractivity contribution in [1.29, 1.82) is 0 Å². The SMILES string of the molecule is CC1=C(C(=O)N(C)CC(C)C(=O)O)C(C)n2ncnc2N1C. The normalized spacial score (nSPS) is 19.0. The summed E-state index contributed by atoms with van der Waals surface area (Å²) >= 11 is 0. The molecule has 120 valence electrons. The molecular weight excluding hydrogens is 286 g/mol. The minimum absolute atomic E-state index is 0.158. The number of aromatic nitrogens is 3. The molecule has 0 aromatic carbocycles. The number of aliphatic carboxylic acids is 1. The molecule has 2 atom stereocenters. The second-order valence-electron chi connectivity index (χ2n) is 5.66. The number of anilines is 1. The van der Waals surface area contributed by atoms with Crippen LogP contribution in [0.2, 0.25) is 0 Å². The lowest BCUT2D eigenvalue weighted by molar-refractivity contribution is -0.142. The van der Waals surface area contributed by atoms with Crippen molar-refractivity contribution in [2.45, 2.75) is 26.8 Å². The lowest BCUT2D eigenvalue weighted by Gasteiger charge is -2.33. The average Bonchev–Trinajstić information content (AvgIpc) is 2.94. The molecule has 1 aliphatic rings. The summed E-state index contributed by atoms with van der Waals surface area (Å²) in [5, 5.41) is 13.2. The van der Waals surface area contributed by atoms with E-state index in [2.05, 4.69) is 10.1 Å². The van der Waals surface area contributed by atoms with Gasteiger partial charge in [-0.05, 0) is 13.8 Å². The maximum absolute atomic E-state index is 12.7. The van der Waals surface area contributed by atoms with Crippen LogP contribution in [0, 0.1) is 5.92 Å². The van der Waals surface area contributed by atoms with Crippen LogP contribution in [0.5, 0.6) is 0 Å². The van der Waals surface area contributed by atoms with Crippen LogP contribution in [-0.2, 0) is 9.59 Å². The van der Waals surface area contributed by atoms with Crippen molar-refractivity contribution >= 4 is 17.8 Å².